The van der Waals surface area contributed by atoms with E-state index in [0.29, 0.717) is 13.0 Å². The quantitative estimate of drug-likeness (QED) is 0.494. The van der Waals surface area contributed by atoms with Crippen molar-refractivity contribution < 1.29 is 9.53 Å². The SMILES string of the molecule is C#CC(CCC)NC(=O)CCCOC. The first-order valence-corrected chi connectivity index (χ1v) is 4.99. The first-order chi connectivity index (χ1) is 6.74. The highest BCUT2D eigenvalue weighted by molar-refractivity contribution is 5.76. The van der Waals surface area contributed by atoms with Gasteiger partial charge in [-0.1, -0.05) is 19.3 Å². The third-order valence-corrected chi connectivity index (χ3v) is 1.87. The molecule has 0 aliphatic rings. The van der Waals surface area contributed by atoms with Crippen molar-refractivity contribution in [2.75, 3.05) is 13.7 Å². The average molecular weight is 197 g/mol. The van der Waals surface area contributed by atoms with Crippen molar-refractivity contribution in [3.8, 4) is 12.3 Å². The lowest BCUT2D eigenvalue weighted by molar-refractivity contribution is -0.121. The first-order valence-electron chi connectivity index (χ1n) is 4.99. The minimum Gasteiger partial charge on any atom is -0.385 e. The largest absolute Gasteiger partial charge is 0.385 e. The number of carbonyl (C=O) groups is 1. The molecule has 0 saturated carbocycles. The van der Waals surface area contributed by atoms with Gasteiger partial charge in [0, 0.05) is 20.1 Å². The Hall–Kier alpha value is -1.01. The van der Waals surface area contributed by atoms with Crippen LogP contribution in [0.15, 0.2) is 0 Å². The summed E-state index contributed by atoms with van der Waals surface area (Å²) in [6.45, 7) is 2.66. The highest BCUT2D eigenvalue weighted by Crippen LogP contribution is 1.97. The van der Waals surface area contributed by atoms with Crippen LogP contribution in [-0.2, 0) is 9.53 Å². The van der Waals surface area contributed by atoms with Crippen LogP contribution in [0, 0.1) is 12.3 Å². The predicted octanol–water partition coefficient (Wildman–Crippen LogP) is 1.33. The smallest absolute Gasteiger partial charge is 0.221 e. The van der Waals surface area contributed by atoms with Crippen molar-refractivity contribution in [3.63, 3.8) is 0 Å². The van der Waals surface area contributed by atoms with Gasteiger partial charge in [-0.2, -0.15) is 0 Å². The fourth-order valence-electron chi connectivity index (χ4n) is 1.13. The Balaban J connectivity index is 3.63. The molecule has 0 aromatic rings. The molecule has 1 amide bonds. The van der Waals surface area contributed by atoms with Crippen LogP contribution in [0.1, 0.15) is 32.6 Å². The number of hydrogen-bond donors (Lipinski definition) is 1. The van der Waals surface area contributed by atoms with Crippen LogP contribution < -0.4 is 5.32 Å². The molecule has 0 aliphatic carbocycles. The zero-order valence-corrected chi connectivity index (χ0v) is 9.01. The van der Waals surface area contributed by atoms with Crippen LogP contribution in [0.2, 0.25) is 0 Å². The molecular formula is C11H19NO2. The molecule has 0 radical (unpaired) electrons. The van der Waals surface area contributed by atoms with Gasteiger partial charge in [-0.05, 0) is 12.8 Å². The van der Waals surface area contributed by atoms with Gasteiger partial charge < -0.3 is 10.1 Å². The Bertz CT molecular complexity index is 196. The molecule has 1 atom stereocenters. The molecule has 3 nitrogen and oxygen atoms in total. The highest BCUT2D eigenvalue weighted by Gasteiger charge is 2.07. The number of ether oxygens (including phenoxy) is 1. The van der Waals surface area contributed by atoms with E-state index in [-0.39, 0.29) is 11.9 Å². The van der Waals surface area contributed by atoms with Gasteiger partial charge in [0.1, 0.15) is 0 Å². The van der Waals surface area contributed by atoms with Crippen molar-refractivity contribution in [2.24, 2.45) is 0 Å². The molecule has 0 heterocycles. The number of terminal acetylenes is 1. The van der Waals surface area contributed by atoms with Crippen molar-refractivity contribution in [2.45, 2.75) is 38.6 Å². The zero-order valence-electron chi connectivity index (χ0n) is 9.01. The van der Waals surface area contributed by atoms with Crippen molar-refractivity contribution in [1.82, 2.24) is 5.32 Å². The maximum atomic E-state index is 11.3. The molecule has 1 N–H and O–H groups in total. The van der Waals surface area contributed by atoms with Gasteiger partial charge in [0.05, 0.1) is 6.04 Å². The van der Waals surface area contributed by atoms with Gasteiger partial charge in [-0.3, -0.25) is 4.79 Å². The van der Waals surface area contributed by atoms with Crippen molar-refractivity contribution >= 4 is 5.91 Å². The van der Waals surface area contributed by atoms with E-state index in [4.69, 9.17) is 11.2 Å². The molecule has 0 saturated heterocycles. The van der Waals surface area contributed by atoms with Crippen LogP contribution in [-0.4, -0.2) is 25.7 Å². The van der Waals surface area contributed by atoms with E-state index in [1.807, 2.05) is 6.92 Å². The fourth-order valence-corrected chi connectivity index (χ4v) is 1.13. The van der Waals surface area contributed by atoms with Gasteiger partial charge in [-0.15, -0.1) is 6.42 Å². The highest BCUT2D eigenvalue weighted by atomic mass is 16.5. The maximum absolute atomic E-state index is 11.3. The van der Waals surface area contributed by atoms with Crippen LogP contribution in [0.5, 0.6) is 0 Å². The molecule has 14 heavy (non-hydrogen) atoms. The second-order valence-corrected chi connectivity index (χ2v) is 3.17. The number of hydrogen-bond acceptors (Lipinski definition) is 2. The molecule has 0 aromatic carbocycles. The number of nitrogens with one attached hydrogen (secondary N) is 1. The predicted molar refractivity (Wildman–Crippen MR) is 56.8 cm³/mol. The van der Waals surface area contributed by atoms with Gasteiger partial charge in [0.2, 0.25) is 5.91 Å². The number of carbonyl (C=O) groups excluding carboxylic acids is 1. The topological polar surface area (TPSA) is 38.3 Å². The van der Waals surface area contributed by atoms with E-state index >= 15 is 0 Å². The van der Waals surface area contributed by atoms with Crippen LogP contribution >= 0.6 is 0 Å². The van der Waals surface area contributed by atoms with Crippen LogP contribution in [0.3, 0.4) is 0 Å². The summed E-state index contributed by atoms with van der Waals surface area (Å²) in [5, 5.41) is 2.80. The molecule has 0 rings (SSSR count). The Kier molecular flexibility index (Phi) is 7.96. The summed E-state index contributed by atoms with van der Waals surface area (Å²) < 4.78 is 4.85. The lowest BCUT2D eigenvalue weighted by atomic mass is 10.1. The van der Waals surface area contributed by atoms with E-state index in [0.717, 1.165) is 19.3 Å². The second-order valence-electron chi connectivity index (χ2n) is 3.17. The second kappa shape index (κ2) is 8.58. The summed E-state index contributed by atoms with van der Waals surface area (Å²) in [5.74, 6) is 2.57. The first kappa shape index (κ1) is 13.0. The number of rotatable bonds is 7. The van der Waals surface area contributed by atoms with Crippen LogP contribution in [0.4, 0.5) is 0 Å². The van der Waals surface area contributed by atoms with E-state index in [1.165, 1.54) is 0 Å². The number of amides is 1. The van der Waals surface area contributed by atoms with E-state index in [1.54, 1.807) is 7.11 Å². The Morgan fingerprint density at radius 2 is 2.36 bits per heavy atom. The summed E-state index contributed by atoms with van der Waals surface area (Å²) in [6.07, 6.45) is 8.32. The van der Waals surface area contributed by atoms with Gasteiger partial charge in [0.15, 0.2) is 0 Å². The number of methoxy groups -OCH3 is 1. The summed E-state index contributed by atoms with van der Waals surface area (Å²) in [5.41, 5.74) is 0. The van der Waals surface area contributed by atoms with E-state index in [9.17, 15) is 4.79 Å². The summed E-state index contributed by atoms with van der Waals surface area (Å²) >= 11 is 0. The normalized spacial score (nSPS) is 11.8. The molecule has 1 unspecified atom stereocenters. The zero-order chi connectivity index (χ0) is 10.8. The summed E-state index contributed by atoms with van der Waals surface area (Å²) in [4.78, 5) is 11.3. The van der Waals surface area contributed by atoms with Gasteiger partial charge in [0.25, 0.3) is 0 Å². The van der Waals surface area contributed by atoms with E-state index in [2.05, 4.69) is 11.2 Å². The molecule has 0 aliphatic heterocycles. The standard InChI is InChI=1S/C11H19NO2/c1-4-7-10(5-2)12-11(13)8-6-9-14-3/h2,10H,4,6-9H2,1,3H3,(H,12,13). The Morgan fingerprint density at radius 1 is 1.64 bits per heavy atom. The fraction of sp³-hybridized carbons (Fsp3) is 0.727. The summed E-state index contributed by atoms with van der Waals surface area (Å²) in [7, 11) is 1.62. The average Bonchev–Trinajstić information content (AvgIpc) is 2.17. The Labute approximate surface area is 86.2 Å². The Morgan fingerprint density at radius 3 is 2.86 bits per heavy atom. The molecular weight excluding hydrogens is 178 g/mol. The monoisotopic (exact) mass is 197 g/mol. The summed E-state index contributed by atoms with van der Waals surface area (Å²) in [6, 6.07) is -0.116. The van der Waals surface area contributed by atoms with Crippen molar-refractivity contribution in [1.29, 1.82) is 0 Å². The molecule has 80 valence electrons. The lowest BCUT2D eigenvalue weighted by Gasteiger charge is -2.11. The molecule has 3 heteroatoms. The maximum Gasteiger partial charge on any atom is 0.221 e. The minimum atomic E-state index is -0.116. The molecule has 0 bridgehead atoms. The third-order valence-electron chi connectivity index (χ3n) is 1.87. The van der Waals surface area contributed by atoms with E-state index < -0.39 is 0 Å². The lowest BCUT2D eigenvalue weighted by Crippen LogP contribution is -2.33. The molecule has 0 aromatic heterocycles. The molecule has 0 fully saturated rings. The van der Waals surface area contributed by atoms with Gasteiger partial charge in [-0.25, -0.2) is 0 Å². The van der Waals surface area contributed by atoms with Crippen LogP contribution in [0.25, 0.3) is 0 Å². The molecule has 0 spiro atoms. The minimum absolute atomic E-state index is 0.0125. The van der Waals surface area contributed by atoms with Gasteiger partial charge >= 0.3 is 0 Å². The van der Waals surface area contributed by atoms with Crippen molar-refractivity contribution in [3.05, 3.63) is 0 Å². The third kappa shape index (κ3) is 6.50.